The molecular formula is C26H33FN2O. The van der Waals surface area contributed by atoms with Gasteiger partial charge in [0, 0.05) is 37.9 Å². The van der Waals surface area contributed by atoms with E-state index in [9.17, 15) is 9.50 Å². The minimum atomic E-state index is -0.604. The van der Waals surface area contributed by atoms with Crippen LogP contribution in [0.4, 0.5) is 10.1 Å². The lowest BCUT2D eigenvalue weighted by Gasteiger charge is -2.38. The van der Waals surface area contributed by atoms with Gasteiger partial charge >= 0.3 is 0 Å². The van der Waals surface area contributed by atoms with E-state index in [1.54, 1.807) is 12.1 Å². The average Bonchev–Trinajstić information content (AvgIpc) is 3.40. The van der Waals surface area contributed by atoms with Crippen LogP contribution >= 0.6 is 0 Å². The maximum Gasteiger partial charge on any atom is 0.123 e. The van der Waals surface area contributed by atoms with E-state index in [1.165, 1.54) is 29.7 Å². The highest BCUT2D eigenvalue weighted by Gasteiger charge is 2.35. The molecule has 3 aliphatic rings. The number of hydrogen-bond donors (Lipinski definition) is 1. The van der Waals surface area contributed by atoms with Crippen LogP contribution in [-0.4, -0.2) is 42.2 Å². The normalized spacial score (nSPS) is 21.9. The molecule has 2 aliphatic heterocycles. The number of piperidine rings is 1. The first kappa shape index (κ1) is 20.0. The van der Waals surface area contributed by atoms with Crippen molar-refractivity contribution in [2.24, 2.45) is 0 Å². The number of likely N-dealkylation sites (tertiary alicyclic amines) is 1. The molecule has 2 aromatic carbocycles. The molecule has 2 fully saturated rings. The smallest absolute Gasteiger partial charge is 0.123 e. The largest absolute Gasteiger partial charge is 0.385 e. The van der Waals surface area contributed by atoms with Gasteiger partial charge in [-0.3, -0.25) is 0 Å². The Balaban J connectivity index is 1.20. The summed E-state index contributed by atoms with van der Waals surface area (Å²) in [7, 11) is 0. The summed E-state index contributed by atoms with van der Waals surface area (Å²) >= 11 is 0. The second-order valence-electron chi connectivity index (χ2n) is 9.47. The summed E-state index contributed by atoms with van der Waals surface area (Å²) in [5.74, 6) is -0.159. The second-order valence-corrected chi connectivity index (χ2v) is 9.47. The Hall–Kier alpha value is -1.91. The van der Waals surface area contributed by atoms with Gasteiger partial charge in [0.2, 0.25) is 0 Å². The van der Waals surface area contributed by atoms with Gasteiger partial charge in [-0.05, 0) is 73.4 Å². The lowest BCUT2D eigenvalue weighted by Crippen LogP contribution is -2.45. The third-order valence-electron chi connectivity index (χ3n) is 7.61. The van der Waals surface area contributed by atoms with Gasteiger partial charge in [0.15, 0.2) is 0 Å². The standard InChI is InChI=1S/C26H33FN2O/c27-23-7-3-20(4-8-23)9-15-28-16-11-24(12-17-28)29-18-10-21-5-6-22(19-25(21)29)26(30)13-1-2-14-26/h3-8,19,24,30H,1-2,9-18H2. The van der Waals surface area contributed by atoms with E-state index in [-0.39, 0.29) is 5.82 Å². The number of anilines is 1. The number of fused-ring (bicyclic) bond motifs is 1. The van der Waals surface area contributed by atoms with E-state index in [1.807, 2.05) is 12.1 Å². The third kappa shape index (κ3) is 4.00. The molecule has 160 valence electrons. The van der Waals surface area contributed by atoms with E-state index < -0.39 is 5.60 Å². The van der Waals surface area contributed by atoms with Crippen molar-refractivity contribution in [2.45, 2.75) is 63.0 Å². The second kappa shape index (κ2) is 8.32. The zero-order valence-corrected chi connectivity index (χ0v) is 17.8. The number of rotatable bonds is 5. The average molecular weight is 409 g/mol. The molecule has 5 rings (SSSR count). The Morgan fingerprint density at radius 3 is 2.43 bits per heavy atom. The molecule has 0 unspecified atom stereocenters. The molecular weight excluding hydrogens is 375 g/mol. The highest BCUT2D eigenvalue weighted by molar-refractivity contribution is 5.61. The summed E-state index contributed by atoms with van der Waals surface area (Å²) in [5, 5.41) is 11.0. The van der Waals surface area contributed by atoms with Gasteiger partial charge in [-0.15, -0.1) is 0 Å². The van der Waals surface area contributed by atoms with Gasteiger partial charge in [-0.25, -0.2) is 4.39 Å². The SMILES string of the molecule is OC1(c2ccc3c(c2)N(C2CCN(CCc4ccc(F)cc4)CC2)CC3)CCCC1. The molecule has 0 amide bonds. The topological polar surface area (TPSA) is 26.7 Å². The number of aliphatic hydroxyl groups is 1. The van der Waals surface area contributed by atoms with E-state index in [0.717, 1.165) is 70.3 Å². The van der Waals surface area contributed by atoms with Crippen LogP contribution in [0.1, 0.15) is 55.2 Å². The van der Waals surface area contributed by atoms with Crippen molar-refractivity contribution in [1.29, 1.82) is 0 Å². The van der Waals surface area contributed by atoms with E-state index in [4.69, 9.17) is 0 Å². The van der Waals surface area contributed by atoms with Crippen molar-refractivity contribution >= 4 is 5.69 Å². The molecule has 2 aromatic rings. The number of hydrogen-bond acceptors (Lipinski definition) is 3. The van der Waals surface area contributed by atoms with Crippen molar-refractivity contribution in [1.82, 2.24) is 4.90 Å². The Labute approximate surface area is 179 Å². The van der Waals surface area contributed by atoms with Gasteiger partial charge in [-0.2, -0.15) is 0 Å². The van der Waals surface area contributed by atoms with Crippen molar-refractivity contribution in [3.05, 3.63) is 65.0 Å². The minimum Gasteiger partial charge on any atom is -0.385 e. The Morgan fingerprint density at radius 1 is 0.967 bits per heavy atom. The van der Waals surface area contributed by atoms with Gasteiger partial charge < -0.3 is 14.9 Å². The molecule has 3 nitrogen and oxygen atoms in total. The first-order chi connectivity index (χ1) is 14.6. The van der Waals surface area contributed by atoms with Crippen LogP contribution in [0.3, 0.4) is 0 Å². The Morgan fingerprint density at radius 2 is 1.70 bits per heavy atom. The van der Waals surface area contributed by atoms with Crippen molar-refractivity contribution in [3.8, 4) is 0 Å². The summed E-state index contributed by atoms with van der Waals surface area (Å²) in [6, 6.07) is 14.3. The lowest BCUT2D eigenvalue weighted by atomic mass is 9.90. The molecule has 0 spiro atoms. The zero-order valence-electron chi connectivity index (χ0n) is 17.8. The molecule has 0 bridgehead atoms. The first-order valence-electron chi connectivity index (χ1n) is 11.7. The van der Waals surface area contributed by atoms with Gasteiger partial charge in [0.25, 0.3) is 0 Å². The maximum absolute atomic E-state index is 13.1. The fraction of sp³-hybridized carbons (Fsp3) is 0.538. The van der Waals surface area contributed by atoms with Gasteiger partial charge in [0.05, 0.1) is 5.60 Å². The van der Waals surface area contributed by atoms with Crippen LogP contribution in [-0.2, 0) is 18.4 Å². The van der Waals surface area contributed by atoms with Crippen LogP contribution in [0.2, 0.25) is 0 Å². The fourth-order valence-electron chi connectivity index (χ4n) is 5.71. The maximum atomic E-state index is 13.1. The molecule has 1 aliphatic carbocycles. The molecule has 2 heterocycles. The van der Waals surface area contributed by atoms with Gasteiger partial charge in [-0.1, -0.05) is 37.1 Å². The van der Waals surface area contributed by atoms with E-state index in [2.05, 4.69) is 28.0 Å². The van der Waals surface area contributed by atoms with Crippen LogP contribution in [0.15, 0.2) is 42.5 Å². The highest BCUT2D eigenvalue weighted by Crippen LogP contribution is 2.42. The van der Waals surface area contributed by atoms with Crippen LogP contribution in [0, 0.1) is 5.82 Å². The Kier molecular flexibility index (Phi) is 5.55. The summed E-state index contributed by atoms with van der Waals surface area (Å²) in [6.45, 7) is 4.41. The van der Waals surface area contributed by atoms with Crippen LogP contribution in [0.5, 0.6) is 0 Å². The lowest BCUT2D eigenvalue weighted by molar-refractivity contribution is 0.0445. The molecule has 0 atom stereocenters. The molecule has 1 N–H and O–H groups in total. The Bertz CT molecular complexity index is 867. The number of benzene rings is 2. The van der Waals surface area contributed by atoms with Crippen molar-refractivity contribution in [2.75, 3.05) is 31.1 Å². The summed E-state index contributed by atoms with van der Waals surface area (Å²) in [6.07, 6.45) is 8.56. The monoisotopic (exact) mass is 408 g/mol. The first-order valence-corrected chi connectivity index (χ1v) is 11.7. The van der Waals surface area contributed by atoms with Crippen molar-refractivity contribution in [3.63, 3.8) is 0 Å². The fourth-order valence-corrected chi connectivity index (χ4v) is 5.71. The third-order valence-corrected chi connectivity index (χ3v) is 7.61. The quantitative estimate of drug-likeness (QED) is 0.780. The minimum absolute atomic E-state index is 0.159. The number of halogens is 1. The molecule has 1 saturated carbocycles. The molecule has 0 radical (unpaired) electrons. The molecule has 1 saturated heterocycles. The van der Waals surface area contributed by atoms with Crippen molar-refractivity contribution < 1.29 is 9.50 Å². The summed E-state index contributed by atoms with van der Waals surface area (Å²) in [4.78, 5) is 5.17. The van der Waals surface area contributed by atoms with E-state index >= 15 is 0 Å². The number of nitrogens with zero attached hydrogens (tertiary/aromatic N) is 2. The predicted molar refractivity (Wildman–Crippen MR) is 119 cm³/mol. The van der Waals surface area contributed by atoms with E-state index in [0.29, 0.717) is 6.04 Å². The molecule has 4 heteroatoms. The van der Waals surface area contributed by atoms with Crippen LogP contribution in [0.25, 0.3) is 0 Å². The predicted octanol–water partition coefficient (Wildman–Crippen LogP) is 4.66. The summed E-state index contributed by atoms with van der Waals surface area (Å²) < 4.78 is 13.1. The molecule has 0 aromatic heterocycles. The molecule has 30 heavy (non-hydrogen) atoms. The highest BCUT2D eigenvalue weighted by atomic mass is 19.1. The summed E-state index contributed by atoms with van der Waals surface area (Å²) in [5.41, 5.74) is 4.55. The van der Waals surface area contributed by atoms with Gasteiger partial charge in [0.1, 0.15) is 5.82 Å². The zero-order chi connectivity index (χ0) is 20.6. The van der Waals surface area contributed by atoms with Crippen LogP contribution < -0.4 is 4.90 Å².